The van der Waals surface area contributed by atoms with E-state index < -0.39 is 17.5 Å². The second-order valence-electron chi connectivity index (χ2n) is 7.09. The molecule has 6 heteroatoms. The van der Waals surface area contributed by atoms with Crippen molar-refractivity contribution in [3.8, 4) is 0 Å². The Kier molecular flexibility index (Phi) is 4.79. The Labute approximate surface area is 147 Å². The molecule has 0 aromatic heterocycles. The van der Waals surface area contributed by atoms with E-state index in [2.05, 4.69) is 5.32 Å². The fourth-order valence-corrected chi connectivity index (χ4v) is 3.78. The SMILES string of the molecule is Cc1cccc(COC(=O)CN2C(=O)N[C@]3(CCCC[C@H]3C)C2=O)c1. The van der Waals surface area contributed by atoms with Crippen molar-refractivity contribution in [1.82, 2.24) is 10.2 Å². The molecule has 6 nitrogen and oxygen atoms in total. The van der Waals surface area contributed by atoms with E-state index in [0.29, 0.717) is 6.42 Å². The number of imide groups is 1. The molecule has 1 aromatic carbocycles. The number of hydrogen-bond donors (Lipinski definition) is 1. The highest BCUT2D eigenvalue weighted by Crippen LogP contribution is 2.38. The number of urea groups is 1. The average molecular weight is 344 g/mol. The van der Waals surface area contributed by atoms with Crippen LogP contribution >= 0.6 is 0 Å². The first-order valence-corrected chi connectivity index (χ1v) is 8.77. The Balaban J connectivity index is 1.61. The number of amides is 3. The van der Waals surface area contributed by atoms with Gasteiger partial charge in [0.2, 0.25) is 0 Å². The van der Waals surface area contributed by atoms with Gasteiger partial charge in [-0.25, -0.2) is 4.79 Å². The maximum Gasteiger partial charge on any atom is 0.326 e. The van der Waals surface area contributed by atoms with E-state index in [9.17, 15) is 14.4 Å². The minimum Gasteiger partial charge on any atom is -0.459 e. The van der Waals surface area contributed by atoms with Crippen LogP contribution in [-0.2, 0) is 20.9 Å². The van der Waals surface area contributed by atoms with Crippen molar-refractivity contribution >= 4 is 17.9 Å². The van der Waals surface area contributed by atoms with Crippen LogP contribution in [0.3, 0.4) is 0 Å². The Morgan fingerprint density at radius 2 is 2.16 bits per heavy atom. The third kappa shape index (κ3) is 3.38. The highest BCUT2D eigenvalue weighted by atomic mass is 16.5. The normalized spacial score (nSPS) is 26.0. The minimum atomic E-state index is -0.841. The van der Waals surface area contributed by atoms with E-state index in [1.54, 1.807) is 0 Å². The molecule has 0 radical (unpaired) electrons. The zero-order chi connectivity index (χ0) is 18.0. The number of nitrogens with one attached hydrogen (secondary N) is 1. The van der Waals surface area contributed by atoms with Crippen LogP contribution in [0, 0.1) is 12.8 Å². The van der Waals surface area contributed by atoms with E-state index >= 15 is 0 Å². The molecule has 25 heavy (non-hydrogen) atoms. The van der Waals surface area contributed by atoms with Crippen LogP contribution in [0.2, 0.25) is 0 Å². The molecule has 1 N–H and O–H groups in total. The summed E-state index contributed by atoms with van der Waals surface area (Å²) < 4.78 is 5.23. The topological polar surface area (TPSA) is 75.7 Å². The Bertz CT molecular complexity index is 702. The molecule has 0 unspecified atom stereocenters. The molecular weight excluding hydrogens is 320 g/mol. The van der Waals surface area contributed by atoms with Crippen LogP contribution in [0.5, 0.6) is 0 Å². The van der Waals surface area contributed by atoms with Crippen LogP contribution in [-0.4, -0.2) is 34.9 Å². The minimum absolute atomic E-state index is 0.0750. The summed E-state index contributed by atoms with van der Waals surface area (Å²) in [6.07, 6.45) is 3.50. The van der Waals surface area contributed by atoms with E-state index in [4.69, 9.17) is 4.74 Å². The fraction of sp³-hybridized carbons (Fsp3) is 0.526. The van der Waals surface area contributed by atoms with E-state index in [0.717, 1.165) is 35.3 Å². The smallest absolute Gasteiger partial charge is 0.326 e. The summed E-state index contributed by atoms with van der Waals surface area (Å²) in [5.74, 6) is -0.797. The lowest BCUT2D eigenvalue weighted by atomic mass is 9.73. The molecule has 2 aliphatic rings. The van der Waals surface area contributed by atoms with Gasteiger partial charge in [-0.05, 0) is 31.2 Å². The first-order valence-electron chi connectivity index (χ1n) is 8.77. The number of rotatable bonds is 4. The molecule has 1 saturated heterocycles. The summed E-state index contributed by atoms with van der Waals surface area (Å²) in [6, 6.07) is 7.16. The van der Waals surface area contributed by atoms with Gasteiger partial charge >= 0.3 is 12.0 Å². The van der Waals surface area contributed by atoms with Crippen LogP contribution in [0.1, 0.15) is 43.7 Å². The van der Waals surface area contributed by atoms with Gasteiger partial charge in [-0.2, -0.15) is 0 Å². The molecule has 3 rings (SSSR count). The quantitative estimate of drug-likeness (QED) is 0.673. The zero-order valence-corrected chi connectivity index (χ0v) is 14.7. The second kappa shape index (κ2) is 6.86. The number of carbonyl (C=O) groups is 3. The van der Waals surface area contributed by atoms with Crippen LogP contribution < -0.4 is 5.32 Å². The second-order valence-corrected chi connectivity index (χ2v) is 7.09. The molecule has 2 fully saturated rings. The highest BCUT2D eigenvalue weighted by molar-refractivity contribution is 6.08. The van der Waals surface area contributed by atoms with Gasteiger partial charge in [0.25, 0.3) is 5.91 Å². The van der Waals surface area contributed by atoms with Gasteiger partial charge in [0, 0.05) is 0 Å². The third-order valence-corrected chi connectivity index (χ3v) is 5.27. The van der Waals surface area contributed by atoms with Gasteiger partial charge in [-0.15, -0.1) is 0 Å². The molecule has 2 atom stereocenters. The lowest BCUT2D eigenvalue weighted by molar-refractivity contribution is -0.149. The molecule has 134 valence electrons. The van der Waals surface area contributed by atoms with Gasteiger partial charge in [0.05, 0.1) is 0 Å². The van der Waals surface area contributed by atoms with Crippen molar-refractivity contribution in [2.24, 2.45) is 5.92 Å². The number of benzene rings is 1. The molecule has 1 aromatic rings. The molecular formula is C19H24N2O4. The summed E-state index contributed by atoms with van der Waals surface area (Å²) >= 11 is 0. The van der Waals surface area contributed by atoms with Crippen molar-refractivity contribution < 1.29 is 19.1 Å². The van der Waals surface area contributed by atoms with Crippen molar-refractivity contribution in [2.45, 2.75) is 51.7 Å². The first-order chi connectivity index (χ1) is 11.9. The number of nitrogens with zero attached hydrogens (tertiary/aromatic N) is 1. The van der Waals surface area contributed by atoms with Crippen molar-refractivity contribution in [1.29, 1.82) is 0 Å². The third-order valence-electron chi connectivity index (χ3n) is 5.27. The molecule has 1 heterocycles. The van der Waals surface area contributed by atoms with E-state index in [-0.39, 0.29) is 25.0 Å². The van der Waals surface area contributed by atoms with Gasteiger partial charge in [-0.3, -0.25) is 14.5 Å². The lowest BCUT2D eigenvalue weighted by Crippen LogP contribution is -2.54. The largest absolute Gasteiger partial charge is 0.459 e. The molecule has 3 amide bonds. The van der Waals surface area contributed by atoms with Crippen molar-refractivity contribution in [3.63, 3.8) is 0 Å². The molecule has 1 spiro atoms. The maximum atomic E-state index is 12.8. The lowest BCUT2D eigenvalue weighted by Gasteiger charge is -2.36. The zero-order valence-electron chi connectivity index (χ0n) is 14.7. The van der Waals surface area contributed by atoms with Crippen LogP contribution in [0.25, 0.3) is 0 Å². The molecule has 1 aliphatic carbocycles. The Hall–Kier alpha value is -2.37. The molecule has 1 aliphatic heterocycles. The van der Waals surface area contributed by atoms with Gasteiger partial charge < -0.3 is 10.1 Å². The van der Waals surface area contributed by atoms with Crippen molar-refractivity contribution in [2.75, 3.05) is 6.54 Å². The molecule has 0 bridgehead atoms. The average Bonchev–Trinajstić information content (AvgIpc) is 2.81. The fourth-order valence-electron chi connectivity index (χ4n) is 3.78. The predicted octanol–water partition coefficient (Wildman–Crippen LogP) is 2.54. The summed E-state index contributed by atoms with van der Waals surface area (Å²) in [5, 5.41) is 2.84. The summed E-state index contributed by atoms with van der Waals surface area (Å²) in [4.78, 5) is 38.1. The van der Waals surface area contributed by atoms with Crippen LogP contribution in [0.15, 0.2) is 24.3 Å². The van der Waals surface area contributed by atoms with Crippen LogP contribution in [0.4, 0.5) is 4.79 Å². The number of ether oxygens (including phenoxy) is 1. The Morgan fingerprint density at radius 3 is 2.88 bits per heavy atom. The number of carbonyl (C=O) groups excluding carboxylic acids is 3. The maximum absolute atomic E-state index is 12.8. The van der Waals surface area contributed by atoms with Gasteiger partial charge in [0.1, 0.15) is 18.7 Å². The van der Waals surface area contributed by atoms with Gasteiger partial charge in [0.15, 0.2) is 0 Å². The Morgan fingerprint density at radius 1 is 1.36 bits per heavy atom. The number of esters is 1. The predicted molar refractivity (Wildman–Crippen MR) is 91.6 cm³/mol. The highest BCUT2D eigenvalue weighted by Gasteiger charge is 2.55. The molecule has 1 saturated carbocycles. The summed E-state index contributed by atoms with van der Waals surface area (Å²) in [7, 11) is 0. The van der Waals surface area contributed by atoms with E-state index in [1.807, 2.05) is 38.1 Å². The van der Waals surface area contributed by atoms with Gasteiger partial charge in [-0.1, -0.05) is 49.6 Å². The number of aryl methyl sites for hydroxylation is 1. The number of hydrogen-bond acceptors (Lipinski definition) is 4. The standard InChI is InChI=1S/C19H24N2O4/c1-13-6-5-8-15(10-13)12-25-16(22)11-21-17(23)19(20-18(21)24)9-4-3-7-14(19)2/h5-6,8,10,14H,3-4,7,9,11-12H2,1-2H3,(H,20,24)/t14-,19+/m1/s1. The summed E-state index contributed by atoms with van der Waals surface area (Å²) in [5.41, 5.74) is 1.12. The summed E-state index contributed by atoms with van der Waals surface area (Å²) in [6.45, 7) is 3.73. The monoisotopic (exact) mass is 344 g/mol. The first kappa shape index (κ1) is 17.5. The van der Waals surface area contributed by atoms with E-state index in [1.165, 1.54) is 0 Å². The van der Waals surface area contributed by atoms with Crippen molar-refractivity contribution in [3.05, 3.63) is 35.4 Å².